The molecule has 1 aromatic carbocycles. The van der Waals surface area contributed by atoms with Crippen LogP contribution >= 0.6 is 11.6 Å². The lowest BCUT2D eigenvalue weighted by atomic mass is 10.2. The van der Waals surface area contributed by atoms with E-state index in [0.717, 1.165) is 5.56 Å². The lowest BCUT2D eigenvalue weighted by molar-refractivity contribution is -0.153. The van der Waals surface area contributed by atoms with Gasteiger partial charge in [-0.3, -0.25) is 0 Å². The average Bonchev–Trinajstić information content (AvgIpc) is 2.14. The highest BCUT2D eigenvalue weighted by atomic mass is 35.5. The van der Waals surface area contributed by atoms with Gasteiger partial charge in [0.25, 0.3) is 0 Å². The van der Waals surface area contributed by atoms with Gasteiger partial charge in [0.2, 0.25) is 0 Å². The number of hydrogen-bond donors (Lipinski definition) is 0. The molecule has 0 N–H and O–H groups in total. The first-order chi connectivity index (χ1) is 6.92. The fraction of sp³-hybridized carbons (Fsp3) is 0.200. The van der Waals surface area contributed by atoms with Crippen LogP contribution in [0, 0.1) is 0 Å². The third-order valence-electron chi connectivity index (χ3n) is 1.58. The summed E-state index contributed by atoms with van der Waals surface area (Å²) in [6.07, 6.45) is -2.82. The quantitative estimate of drug-likeness (QED) is 0.773. The minimum absolute atomic E-state index is 0.0135. The maximum Gasteiger partial charge on any atom is 0.422 e. The highest BCUT2D eigenvalue weighted by Gasteiger charge is 2.28. The highest BCUT2D eigenvalue weighted by molar-refractivity contribution is 6.32. The van der Waals surface area contributed by atoms with E-state index in [0.29, 0.717) is 0 Å². The Bertz CT molecular complexity index is 360. The Balaban J connectivity index is 2.74. The van der Waals surface area contributed by atoms with Crippen LogP contribution in [0.1, 0.15) is 5.56 Å². The third-order valence-corrected chi connectivity index (χ3v) is 1.88. The van der Waals surface area contributed by atoms with Crippen LogP contribution in [0.25, 0.3) is 6.08 Å². The van der Waals surface area contributed by atoms with Crippen molar-refractivity contribution in [3.05, 3.63) is 35.4 Å². The van der Waals surface area contributed by atoms with E-state index < -0.39 is 12.8 Å². The molecule has 1 aromatic rings. The minimum Gasteiger partial charge on any atom is -0.483 e. The Morgan fingerprint density at radius 1 is 1.40 bits per heavy atom. The Morgan fingerprint density at radius 2 is 2.07 bits per heavy atom. The van der Waals surface area contributed by atoms with Crippen LogP contribution in [0.4, 0.5) is 13.2 Å². The standard InChI is InChI=1S/C10H8ClF3O/c1-2-7-3-4-9(8(11)5-7)15-6-10(12,13)14/h2-5H,1,6H2. The van der Waals surface area contributed by atoms with E-state index in [1.54, 1.807) is 12.1 Å². The van der Waals surface area contributed by atoms with Crippen LogP contribution in [0.3, 0.4) is 0 Å². The Morgan fingerprint density at radius 3 is 2.53 bits per heavy atom. The van der Waals surface area contributed by atoms with Crippen LogP contribution in [0.5, 0.6) is 5.75 Å². The molecule has 0 aromatic heterocycles. The molecular formula is C10H8ClF3O. The van der Waals surface area contributed by atoms with Gasteiger partial charge >= 0.3 is 6.18 Å². The maximum absolute atomic E-state index is 11.8. The Kier molecular flexibility index (Phi) is 3.63. The van der Waals surface area contributed by atoms with Gasteiger partial charge in [-0.15, -0.1) is 0 Å². The third kappa shape index (κ3) is 3.83. The summed E-state index contributed by atoms with van der Waals surface area (Å²) < 4.78 is 40.0. The lowest BCUT2D eigenvalue weighted by Crippen LogP contribution is -2.19. The van der Waals surface area contributed by atoms with Crippen LogP contribution in [0.2, 0.25) is 5.02 Å². The second kappa shape index (κ2) is 4.57. The van der Waals surface area contributed by atoms with E-state index in [4.69, 9.17) is 11.6 Å². The zero-order chi connectivity index (χ0) is 11.5. The summed E-state index contributed by atoms with van der Waals surface area (Å²) in [5.74, 6) is 0.0135. The molecule has 0 saturated heterocycles. The maximum atomic E-state index is 11.8. The van der Waals surface area contributed by atoms with Crippen LogP contribution < -0.4 is 4.74 Å². The molecule has 0 radical (unpaired) electrons. The van der Waals surface area contributed by atoms with Gasteiger partial charge in [0.1, 0.15) is 5.75 Å². The fourth-order valence-electron chi connectivity index (χ4n) is 0.921. The fourth-order valence-corrected chi connectivity index (χ4v) is 1.16. The van der Waals surface area contributed by atoms with E-state index in [9.17, 15) is 13.2 Å². The first-order valence-electron chi connectivity index (χ1n) is 4.04. The van der Waals surface area contributed by atoms with Gasteiger partial charge in [-0.1, -0.05) is 30.3 Å². The van der Waals surface area contributed by atoms with E-state index in [1.807, 2.05) is 0 Å². The molecule has 0 fully saturated rings. The van der Waals surface area contributed by atoms with Crippen LogP contribution in [0.15, 0.2) is 24.8 Å². The van der Waals surface area contributed by atoms with Crippen molar-refractivity contribution < 1.29 is 17.9 Å². The molecule has 0 amide bonds. The van der Waals surface area contributed by atoms with Crippen molar-refractivity contribution in [1.29, 1.82) is 0 Å². The number of ether oxygens (including phenoxy) is 1. The van der Waals surface area contributed by atoms with Gasteiger partial charge in [0.15, 0.2) is 6.61 Å². The van der Waals surface area contributed by atoms with Crippen LogP contribution in [-0.4, -0.2) is 12.8 Å². The molecule has 0 atom stereocenters. The van der Waals surface area contributed by atoms with Crippen molar-refractivity contribution in [2.45, 2.75) is 6.18 Å². The normalized spacial score (nSPS) is 11.2. The van der Waals surface area contributed by atoms with Crippen LogP contribution in [-0.2, 0) is 0 Å². The topological polar surface area (TPSA) is 9.23 Å². The van der Waals surface area contributed by atoms with E-state index in [-0.39, 0.29) is 10.8 Å². The molecule has 0 spiro atoms. The summed E-state index contributed by atoms with van der Waals surface area (Å²) in [7, 11) is 0. The Labute approximate surface area is 90.1 Å². The van der Waals surface area contributed by atoms with Gasteiger partial charge < -0.3 is 4.74 Å². The molecule has 0 aliphatic rings. The van der Waals surface area contributed by atoms with Crippen molar-refractivity contribution in [3.63, 3.8) is 0 Å². The molecule has 0 aliphatic heterocycles. The summed E-state index contributed by atoms with van der Waals surface area (Å²) in [4.78, 5) is 0. The molecule has 82 valence electrons. The molecule has 1 rings (SSSR count). The second-order valence-corrected chi connectivity index (χ2v) is 3.21. The number of halogens is 4. The highest BCUT2D eigenvalue weighted by Crippen LogP contribution is 2.27. The van der Waals surface area contributed by atoms with E-state index in [2.05, 4.69) is 11.3 Å². The molecule has 0 saturated carbocycles. The zero-order valence-electron chi connectivity index (χ0n) is 7.64. The molecule has 5 heteroatoms. The molecule has 1 nitrogen and oxygen atoms in total. The number of hydrogen-bond acceptors (Lipinski definition) is 1. The van der Waals surface area contributed by atoms with Gasteiger partial charge in [0, 0.05) is 0 Å². The molecule has 0 bridgehead atoms. The average molecular weight is 237 g/mol. The van der Waals surface area contributed by atoms with Crippen molar-refractivity contribution >= 4 is 17.7 Å². The second-order valence-electron chi connectivity index (χ2n) is 2.80. The van der Waals surface area contributed by atoms with Crippen molar-refractivity contribution in [1.82, 2.24) is 0 Å². The molecule has 0 heterocycles. The molecular weight excluding hydrogens is 229 g/mol. The van der Waals surface area contributed by atoms with Crippen molar-refractivity contribution in [3.8, 4) is 5.75 Å². The smallest absolute Gasteiger partial charge is 0.422 e. The van der Waals surface area contributed by atoms with E-state index >= 15 is 0 Å². The zero-order valence-corrected chi connectivity index (χ0v) is 8.40. The van der Waals surface area contributed by atoms with E-state index in [1.165, 1.54) is 12.1 Å². The molecule has 0 aliphatic carbocycles. The molecule has 0 unspecified atom stereocenters. The SMILES string of the molecule is C=Cc1ccc(OCC(F)(F)F)c(Cl)c1. The lowest BCUT2D eigenvalue weighted by Gasteiger charge is -2.10. The summed E-state index contributed by atoms with van der Waals surface area (Å²) in [6.45, 7) is 2.16. The number of alkyl halides is 3. The first-order valence-corrected chi connectivity index (χ1v) is 4.42. The van der Waals surface area contributed by atoms with Crippen molar-refractivity contribution in [2.24, 2.45) is 0 Å². The van der Waals surface area contributed by atoms with Gasteiger partial charge in [0.05, 0.1) is 5.02 Å². The van der Waals surface area contributed by atoms with Gasteiger partial charge in [-0.05, 0) is 17.7 Å². The summed E-state index contributed by atoms with van der Waals surface area (Å²) >= 11 is 5.70. The predicted octanol–water partition coefficient (Wildman–Crippen LogP) is 3.92. The monoisotopic (exact) mass is 236 g/mol. The Hall–Kier alpha value is -1.16. The predicted molar refractivity (Wildman–Crippen MR) is 53.1 cm³/mol. The number of benzene rings is 1. The summed E-state index contributed by atoms with van der Waals surface area (Å²) in [5.41, 5.74) is 0.722. The largest absolute Gasteiger partial charge is 0.483 e. The summed E-state index contributed by atoms with van der Waals surface area (Å²) in [5, 5.41) is 0.136. The van der Waals surface area contributed by atoms with Gasteiger partial charge in [-0.2, -0.15) is 13.2 Å². The minimum atomic E-state index is -4.36. The van der Waals surface area contributed by atoms with Crippen molar-refractivity contribution in [2.75, 3.05) is 6.61 Å². The van der Waals surface area contributed by atoms with Gasteiger partial charge in [-0.25, -0.2) is 0 Å². The first kappa shape index (κ1) is 11.9. The number of rotatable bonds is 3. The molecule has 15 heavy (non-hydrogen) atoms. The summed E-state index contributed by atoms with van der Waals surface area (Å²) in [6, 6.07) is 4.44.